The number of rotatable bonds is 7. The number of carbonyl (C=O) groups excluding carboxylic acids is 2. The molecule has 1 aliphatic carbocycles. The van der Waals surface area contributed by atoms with Gasteiger partial charge in [0, 0.05) is 26.2 Å². The summed E-state index contributed by atoms with van der Waals surface area (Å²) < 4.78 is 27.5. The summed E-state index contributed by atoms with van der Waals surface area (Å²) in [4.78, 5) is 25.5. The molecule has 0 unspecified atom stereocenters. The van der Waals surface area contributed by atoms with E-state index in [0.29, 0.717) is 17.5 Å². The predicted octanol–water partition coefficient (Wildman–Crippen LogP) is 4.46. The lowest BCUT2D eigenvalue weighted by molar-refractivity contribution is 0.0954. The molecule has 8 nitrogen and oxygen atoms in total. The number of urea groups is 1. The van der Waals surface area contributed by atoms with Crippen LogP contribution in [-0.2, 0) is 29.4 Å². The number of amides is 3. The molecule has 1 atom stereocenters. The van der Waals surface area contributed by atoms with Gasteiger partial charge in [-0.25, -0.2) is 13.2 Å². The average Bonchev–Trinajstić information content (AvgIpc) is 3.34. The fraction of sp³-hybridized carbons (Fsp3) is 0.286. The minimum Gasteiger partial charge on any atom is -0.350 e. The van der Waals surface area contributed by atoms with Gasteiger partial charge in [0.15, 0.2) is 0 Å². The second-order valence-electron chi connectivity index (χ2n) is 9.53. The SMILES string of the molecule is O=C(NCCNC(=O)c1c(Cl)cc2c(c1Cl)CCN(S(=O)(=O)c1ccccc1)C2)N[C@@H]1CCc2ccccc21. The molecule has 3 aromatic carbocycles. The van der Waals surface area contributed by atoms with E-state index in [9.17, 15) is 18.0 Å². The molecule has 1 aliphatic heterocycles. The van der Waals surface area contributed by atoms with Crippen molar-refractivity contribution in [1.29, 1.82) is 0 Å². The standard InChI is InChI=1S/C28H28Cl2N4O4S/c29-23-16-19-17-34(39(37,38)20-7-2-1-3-8-20)15-12-22(19)26(30)25(23)27(35)31-13-14-32-28(36)33-24-11-10-18-6-4-5-9-21(18)24/h1-9,16,24H,10-15,17H2,(H,31,35)(H2,32,33,36)/t24-/m1/s1. The predicted molar refractivity (Wildman–Crippen MR) is 151 cm³/mol. The molecule has 11 heteroatoms. The number of fused-ring (bicyclic) bond motifs is 2. The second kappa shape index (κ2) is 11.6. The van der Waals surface area contributed by atoms with E-state index in [-0.39, 0.29) is 58.8 Å². The summed E-state index contributed by atoms with van der Waals surface area (Å²) in [7, 11) is -3.67. The Hall–Kier alpha value is -3.11. The smallest absolute Gasteiger partial charge is 0.315 e. The maximum atomic E-state index is 13.0. The lowest BCUT2D eigenvalue weighted by Gasteiger charge is -2.29. The molecule has 3 N–H and O–H groups in total. The van der Waals surface area contributed by atoms with Gasteiger partial charge in [0.05, 0.1) is 26.5 Å². The van der Waals surface area contributed by atoms with Gasteiger partial charge >= 0.3 is 6.03 Å². The topological polar surface area (TPSA) is 108 Å². The highest BCUT2D eigenvalue weighted by molar-refractivity contribution is 7.89. The van der Waals surface area contributed by atoms with Crippen LogP contribution < -0.4 is 16.0 Å². The normalized spacial score (nSPS) is 16.7. The van der Waals surface area contributed by atoms with Crippen LogP contribution in [0.2, 0.25) is 10.0 Å². The number of aryl methyl sites for hydroxylation is 1. The number of benzene rings is 3. The number of hydrogen-bond donors (Lipinski definition) is 3. The Morgan fingerprint density at radius 3 is 2.44 bits per heavy atom. The van der Waals surface area contributed by atoms with E-state index < -0.39 is 15.9 Å². The highest BCUT2D eigenvalue weighted by Gasteiger charge is 2.31. The minimum atomic E-state index is -3.67. The van der Waals surface area contributed by atoms with E-state index in [1.807, 2.05) is 18.2 Å². The summed E-state index contributed by atoms with van der Waals surface area (Å²) in [6.45, 7) is 0.744. The monoisotopic (exact) mass is 586 g/mol. The first-order valence-electron chi connectivity index (χ1n) is 12.7. The van der Waals surface area contributed by atoms with Crippen molar-refractivity contribution in [1.82, 2.24) is 20.3 Å². The van der Waals surface area contributed by atoms with Gasteiger partial charge < -0.3 is 16.0 Å². The molecular weight excluding hydrogens is 559 g/mol. The van der Waals surface area contributed by atoms with Crippen molar-refractivity contribution in [3.8, 4) is 0 Å². The summed E-state index contributed by atoms with van der Waals surface area (Å²) in [5.74, 6) is -0.459. The Morgan fingerprint density at radius 1 is 0.923 bits per heavy atom. The first-order valence-corrected chi connectivity index (χ1v) is 14.9. The number of sulfonamides is 1. The quantitative estimate of drug-likeness (QED) is 0.355. The van der Waals surface area contributed by atoms with Gasteiger partial charge in [-0.1, -0.05) is 65.7 Å². The van der Waals surface area contributed by atoms with Crippen LogP contribution in [0.3, 0.4) is 0 Å². The first kappa shape index (κ1) is 27.5. The second-order valence-corrected chi connectivity index (χ2v) is 12.3. The fourth-order valence-electron chi connectivity index (χ4n) is 5.14. The molecule has 5 rings (SSSR count). The zero-order chi connectivity index (χ0) is 27.6. The van der Waals surface area contributed by atoms with Crippen LogP contribution >= 0.6 is 23.2 Å². The van der Waals surface area contributed by atoms with Crippen LogP contribution in [0.4, 0.5) is 4.79 Å². The van der Waals surface area contributed by atoms with Crippen LogP contribution in [0.25, 0.3) is 0 Å². The van der Waals surface area contributed by atoms with Gasteiger partial charge in [0.25, 0.3) is 5.91 Å². The van der Waals surface area contributed by atoms with Gasteiger partial charge in [0.2, 0.25) is 10.0 Å². The van der Waals surface area contributed by atoms with Crippen molar-refractivity contribution >= 4 is 45.2 Å². The van der Waals surface area contributed by atoms with Crippen LogP contribution in [0.1, 0.15) is 45.1 Å². The molecule has 0 saturated heterocycles. The Balaban J connectivity index is 1.17. The van der Waals surface area contributed by atoms with Crippen molar-refractivity contribution in [3.05, 3.63) is 98.5 Å². The summed E-state index contributed by atoms with van der Waals surface area (Å²) in [6.07, 6.45) is 2.14. The highest BCUT2D eigenvalue weighted by Crippen LogP contribution is 2.36. The molecule has 39 heavy (non-hydrogen) atoms. The van der Waals surface area contributed by atoms with Gasteiger partial charge in [-0.05, 0) is 59.7 Å². The molecule has 0 fully saturated rings. The Bertz CT molecular complexity index is 1520. The van der Waals surface area contributed by atoms with E-state index in [4.69, 9.17) is 23.2 Å². The molecule has 0 saturated carbocycles. The van der Waals surface area contributed by atoms with Crippen LogP contribution in [0.15, 0.2) is 65.6 Å². The molecule has 0 radical (unpaired) electrons. The highest BCUT2D eigenvalue weighted by atomic mass is 35.5. The number of carbonyl (C=O) groups is 2. The van der Waals surface area contributed by atoms with Crippen molar-refractivity contribution in [2.45, 2.75) is 36.7 Å². The zero-order valence-electron chi connectivity index (χ0n) is 21.0. The molecule has 0 aromatic heterocycles. The summed E-state index contributed by atoms with van der Waals surface area (Å²) in [5.41, 5.74) is 3.90. The van der Waals surface area contributed by atoms with Gasteiger partial charge in [-0.3, -0.25) is 4.79 Å². The maximum absolute atomic E-state index is 13.0. The van der Waals surface area contributed by atoms with E-state index in [2.05, 4.69) is 22.0 Å². The molecule has 0 bridgehead atoms. The van der Waals surface area contributed by atoms with Gasteiger partial charge in [-0.15, -0.1) is 0 Å². The van der Waals surface area contributed by atoms with E-state index >= 15 is 0 Å². The summed E-state index contributed by atoms with van der Waals surface area (Å²) in [5, 5.41) is 8.86. The van der Waals surface area contributed by atoms with Crippen molar-refractivity contribution in [3.63, 3.8) is 0 Å². The number of nitrogens with zero attached hydrogens (tertiary/aromatic N) is 1. The molecule has 3 amide bonds. The van der Waals surface area contributed by atoms with Crippen molar-refractivity contribution in [2.24, 2.45) is 0 Å². The van der Waals surface area contributed by atoms with Crippen LogP contribution in [-0.4, -0.2) is 44.3 Å². The number of nitrogens with one attached hydrogen (secondary N) is 3. The average molecular weight is 588 g/mol. The Morgan fingerprint density at radius 2 is 1.64 bits per heavy atom. The third-order valence-corrected chi connectivity index (χ3v) is 9.69. The van der Waals surface area contributed by atoms with Crippen molar-refractivity contribution in [2.75, 3.05) is 19.6 Å². The molecule has 3 aromatic rings. The minimum absolute atomic E-state index is 0.0255. The molecule has 2 aliphatic rings. The molecule has 0 spiro atoms. The van der Waals surface area contributed by atoms with E-state index in [1.165, 1.54) is 9.87 Å². The van der Waals surface area contributed by atoms with Crippen molar-refractivity contribution < 1.29 is 18.0 Å². The fourth-order valence-corrected chi connectivity index (χ4v) is 7.34. The Labute approximate surface area is 237 Å². The van der Waals surface area contributed by atoms with E-state index in [1.54, 1.807) is 36.4 Å². The molecule has 204 valence electrons. The van der Waals surface area contributed by atoms with Gasteiger partial charge in [-0.2, -0.15) is 4.31 Å². The lowest BCUT2D eigenvalue weighted by atomic mass is 9.97. The largest absolute Gasteiger partial charge is 0.350 e. The lowest BCUT2D eigenvalue weighted by Crippen LogP contribution is -2.41. The number of halogens is 2. The van der Waals surface area contributed by atoms with Crippen LogP contribution in [0, 0.1) is 0 Å². The first-order chi connectivity index (χ1) is 18.8. The summed E-state index contributed by atoms with van der Waals surface area (Å²) >= 11 is 13.1. The molecular formula is C28H28Cl2N4O4S. The third kappa shape index (κ3) is 5.77. The molecule has 1 heterocycles. The summed E-state index contributed by atoms with van der Waals surface area (Å²) in [6, 6.07) is 17.6. The van der Waals surface area contributed by atoms with Gasteiger partial charge in [0.1, 0.15) is 0 Å². The van der Waals surface area contributed by atoms with E-state index in [0.717, 1.165) is 18.4 Å². The third-order valence-electron chi connectivity index (χ3n) is 7.11. The zero-order valence-corrected chi connectivity index (χ0v) is 23.4. The van der Waals surface area contributed by atoms with Crippen LogP contribution in [0.5, 0.6) is 0 Å². The Kier molecular flexibility index (Phi) is 8.13. The number of hydrogen-bond acceptors (Lipinski definition) is 4. The maximum Gasteiger partial charge on any atom is 0.315 e.